The van der Waals surface area contributed by atoms with Crippen LogP contribution in [0.5, 0.6) is 5.75 Å². The number of hydrogen-bond acceptors (Lipinski definition) is 5. The first-order chi connectivity index (χ1) is 8.66. The fraction of sp³-hybridized carbons (Fsp3) is 0.417. The van der Waals surface area contributed by atoms with Gasteiger partial charge in [0.2, 0.25) is 0 Å². The number of carbonyl (C=O) groups is 1. The maximum absolute atomic E-state index is 12.7. The number of rotatable bonds is 5. The highest BCUT2D eigenvalue weighted by Gasteiger charge is 2.31. The van der Waals surface area contributed by atoms with Crippen molar-refractivity contribution < 1.29 is 26.6 Å². The van der Waals surface area contributed by atoms with Gasteiger partial charge >= 0.3 is 16.2 Å². The van der Waals surface area contributed by atoms with Crippen LogP contribution in [0.2, 0.25) is 0 Å². The largest absolute Gasteiger partial charge is 0.476 e. The average Bonchev–Trinajstić information content (AvgIpc) is 2.28. The Kier molecular flexibility index (Phi) is 4.52. The van der Waals surface area contributed by atoms with Crippen LogP contribution in [0.4, 0.5) is 3.89 Å². The summed E-state index contributed by atoms with van der Waals surface area (Å²) < 4.78 is 44.2. The molecule has 0 aliphatic heterocycles. The summed E-state index contributed by atoms with van der Waals surface area (Å²) in [7, 11) is -4.74. The molecule has 0 aliphatic carbocycles. The molecule has 7 heteroatoms. The molecule has 0 N–H and O–H groups in total. The standard InChI is InChI=1S/C12H15FO5S/c1-4-17-11(14)12(2,3)18-9-5-7-10(8-6-9)19(13,15)16/h5-8H,4H2,1-3H3. The lowest BCUT2D eigenvalue weighted by Gasteiger charge is -2.24. The Bertz CT molecular complexity index is 548. The summed E-state index contributed by atoms with van der Waals surface area (Å²) >= 11 is 0. The number of ether oxygens (including phenoxy) is 2. The van der Waals surface area contributed by atoms with E-state index in [2.05, 4.69) is 0 Å². The van der Waals surface area contributed by atoms with E-state index in [9.17, 15) is 17.1 Å². The molecular formula is C12H15FO5S. The van der Waals surface area contributed by atoms with Crippen LogP contribution in [-0.2, 0) is 19.8 Å². The molecule has 0 aromatic heterocycles. The van der Waals surface area contributed by atoms with Crippen molar-refractivity contribution in [3.8, 4) is 5.75 Å². The highest BCUT2D eigenvalue weighted by atomic mass is 32.3. The van der Waals surface area contributed by atoms with Crippen molar-refractivity contribution in [3.63, 3.8) is 0 Å². The molecular weight excluding hydrogens is 275 g/mol. The van der Waals surface area contributed by atoms with Crippen molar-refractivity contribution in [1.29, 1.82) is 0 Å². The highest BCUT2D eigenvalue weighted by Crippen LogP contribution is 2.22. The molecule has 1 aromatic carbocycles. The van der Waals surface area contributed by atoms with E-state index in [1.807, 2.05) is 0 Å². The van der Waals surface area contributed by atoms with Crippen LogP contribution in [-0.4, -0.2) is 26.6 Å². The number of benzene rings is 1. The van der Waals surface area contributed by atoms with E-state index in [1.54, 1.807) is 6.92 Å². The third-order valence-corrected chi connectivity index (χ3v) is 3.08. The Labute approximate surface area is 111 Å². The van der Waals surface area contributed by atoms with Crippen LogP contribution < -0.4 is 4.74 Å². The van der Waals surface area contributed by atoms with Gasteiger partial charge in [-0.1, -0.05) is 0 Å². The summed E-state index contributed by atoms with van der Waals surface area (Å²) in [6.07, 6.45) is 0. The third kappa shape index (κ3) is 4.20. The summed E-state index contributed by atoms with van der Waals surface area (Å²) in [6, 6.07) is 4.67. The monoisotopic (exact) mass is 290 g/mol. The van der Waals surface area contributed by atoms with Gasteiger partial charge in [0, 0.05) is 0 Å². The maximum Gasteiger partial charge on any atom is 0.349 e. The van der Waals surface area contributed by atoms with Crippen molar-refractivity contribution in [2.24, 2.45) is 0 Å². The molecule has 1 rings (SSSR count). The lowest BCUT2D eigenvalue weighted by Crippen LogP contribution is -2.39. The molecule has 0 heterocycles. The molecule has 0 atom stereocenters. The van der Waals surface area contributed by atoms with E-state index in [0.29, 0.717) is 0 Å². The van der Waals surface area contributed by atoms with Crippen LogP contribution in [0, 0.1) is 0 Å². The molecule has 0 saturated heterocycles. The van der Waals surface area contributed by atoms with Gasteiger partial charge in [-0.15, -0.1) is 3.89 Å². The second-order valence-corrected chi connectivity index (χ2v) is 5.59. The highest BCUT2D eigenvalue weighted by molar-refractivity contribution is 7.86. The molecule has 5 nitrogen and oxygen atoms in total. The van der Waals surface area contributed by atoms with Gasteiger partial charge in [0.05, 0.1) is 11.5 Å². The van der Waals surface area contributed by atoms with Gasteiger partial charge in [0.15, 0.2) is 5.60 Å². The molecule has 0 bridgehead atoms. The SMILES string of the molecule is CCOC(=O)C(C)(C)Oc1ccc(S(=O)(=O)F)cc1. The summed E-state index contributed by atoms with van der Waals surface area (Å²) in [5, 5.41) is 0. The van der Waals surface area contributed by atoms with Gasteiger partial charge < -0.3 is 9.47 Å². The molecule has 106 valence electrons. The summed E-state index contributed by atoms with van der Waals surface area (Å²) in [5.41, 5.74) is -1.22. The van der Waals surface area contributed by atoms with Crippen LogP contribution in [0.25, 0.3) is 0 Å². The fourth-order valence-electron chi connectivity index (χ4n) is 1.31. The molecule has 0 fully saturated rings. The number of halogens is 1. The first kappa shape index (κ1) is 15.4. The second-order valence-electron chi connectivity index (χ2n) is 4.24. The Balaban J connectivity index is 2.86. The molecule has 0 aliphatic rings. The average molecular weight is 290 g/mol. The van der Waals surface area contributed by atoms with Gasteiger partial charge in [-0.25, -0.2) is 4.79 Å². The number of carbonyl (C=O) groups excluding carboxylic acids is 1. The van der Waals surface area contributed by atoms with Crippen LogP contribution in [0.3, 0.4) is 0 Å². The fourth-order valence-corrected chi connectivity index (χ4v) is 1.77. The lowest BCUT2D eigenvalue weighted by molar-refractivity contribution is -0.158. The Morgan fingerprint density at radius 2 is 1.79 bits per heavy atom. The Morgan fingerprint density at radius 3 is 2.21 bits per heavy atom. The van der Waals surface area contributed by atoms with Crippen molar-refractivity contribution >= 4 is 16.2 Å². The molecule has 0 saturated carbocycles. The van der Waals surface area contributed by atoms with Crippen molar-refractivity contribution in [2.75, 3.05) is 6.61 Å². The first-order valence-electron chi connectivity index (χ1n) is 5.58. The van der Waals surface area contributed by atoms with Gasteiger partial charge in [-0.3, -0.25) is 0 Å². The van der Waals surface area contributed by atoms with E-state index >= 15 is 0 Å². The quantitative estimate of drug-likeness (QED) is 0.613. The molecule has 0 amide bonds. The minimum absolute atomic E-state index is 0.227. The minimum atomic E-state index is -4.74. The minimum Gasteiger partial charge on any atom is -0.476 e. The van der Waals surface area contributed by atoms with Crippen molar-refractivity contribution in [1.82, 2.24) is 0 Å². The van der Waals surface area contributed by atoms with Crippen LogP contribution in [0.15, 0.2) is 29.2 Å². The molecule has 0 spiro atoms. The maximum atomic E-state index is 12.7. The Hall–Kier alpha value is -1.63. The predicted molar refractivity (Wildman–Crippen MR) is 66.1 cm³/mol. The van der Waals surface area contributed by atoms with Crippen molar-refractivity contribution in [3.05, 3.63) is 24.3 Å². The topological polar surface area (TPSA) is 69.7 Å². The van der Waals surface area contributed by atoms with E-state index < -0.39 is 26.7 Å². The summed E-state index contributed by atoms with van der Waals surface area (Å²) in [5.74, 6) is -0.303. The van der Waals surface area contributed by atoms with E-state index in [0.717, 1.165) is 12.1 Å². The zero-order chi connectivity index (χ0) is 14.7. The van der Waals surface area contributed by atoms with Gasteiger partial charge in [-0.05, 0) is 45.0 Å². The second kappa shape index (κ2) is 5.56. The predicted octanol–water partition coefficient (Wildman–Crippen LogP) is 2.07. The number of esters is 1. The Morgan fingerprint density at radius 1 is 1.26 bits per heavy atom. The van der Waals surface area contributed by atoms with Gasteiger partial charge in [0.25, 0.3) is 0 Å². The molecule has 19 heavy (non-hydrogen) atoms. The third-order valence-electron chi connectivity index (χ3n) is 2.25. The van der Waals surface area contributed by atoms with Gasteiger partial charge in [-0.2, -0.15) is 8.42 Å². The molecule has 0 unspecified atom stereocenters. The lowest BCUT2D eigenvalue weighted by atomic mass is 10.1. The van der Waals surface area contributed by atoms with Gasteiger partial charge in [0.1, 0.15) is 5.75 Å². The van der Waals surface area contributed by atoms with E-state index in [-0.39, 0.29) is 12.4 Å². The molecule has 0 radical (unpaired) electrons. The first-order valence-corrected chi connectivity index (χ1v) is 6.96. The summed E-state index contributed by atoms with van der Waals surface area (Å²) in [4.78, 5) is 11.1. The zero-order valence-corrected chi connectivity index (χ0v) is 11.7. The van der Waals surface area contributed by atoms with E-state index in [1.165, 1.54) is 26.0 Å². The zero-order valence-electron chi connectivity index (χ0n) is 10.8. The van der Waals surface area contributed by atoms with Crippen molar-refractivity contribution in [2.45, 2.75) is 31.3 Å². The van der Waals surface area contributed by atoms with E-state index in [4.69, 9.17) is 9.47 Å². The summed E-state index contributed by atoms with van der Waals surface area (Å²) in [6.45, 7) is 4.94. The van der Waals surface area contributed by atoms with Crippen LogP contribution in [0.1, 0.15) is 20.8 Å². The molecule has 1 aromatic rings. The smallest absolute Gasteiger partial charge is 0.349 e. The van der Waals surface area contributed by atoms with Crippen LogP contribution >= 0.6 is 0 Å². The number of hydrogen-bond donors (Lipinski definition) is 0. The normalized spacial score (nSPS) is 12.0.